The lowest BCUT2D eigenvalue weighted by atomic mass is 9.95. The normalized spacial score (nSPS) is 14.4. The molecule has 2 N–H and O–H groups in total. The summed E-state index contributed by atoms with van der Waals surface area (Å²) in [6.45, 7) is 3.58. The number of carbonyl (C=O) groups excluding carboxylic acids is 3. The van der Waals surface area contributed by atoms with Crippen LogP contribution in [-0.4, -0.2) is 30.4 Å². The Morgan fingerprint density at radius 1 is 0.963 bits per heavy atom. The van der Waals surface area contributed by atoms with Gasteiger partial charge in [-0.15, -0.1) is 0 Å². The minimum absolute atomic E-state index is 0.0118. The topological polar surface area (TPSA) is 84.5 Å². The zero-order valence-corrected chi connectivity index (χ0v) is 16.3. The van der Waals surface area contributed by atoms with E-state index in [4.69, 9.17) is 4.74 Å². The van der Waals surface area contributed by atoms with Gasteiger partial charge in [-0.05, 0) is 56.4 Å². The number of aryl methyl sites for hydroxylation is 2. The first-order valence-corrected chi connectivity index (χ1v) is 9.75. The first-order valence-electron chi connectivity index (χ1n) is 9.75. The van der Waals surface area contributed by atoms with Gasteiger partial charge in [-0.1, -0.05) is 25.3 Å². The van der Waals surface area contributed by atoms with Crippen molar-refractivity contribution in [1.29, 1.82) is 0 Å². The van der Waals surface area contributed by atoms with E-state index in [1.807, 2.05) is 32.0 Å². The lowest BCUT2D eigenvalue weighted by Crippen LogP contribution is -2.36. The Balaban J connectivity index is 1.59. The first kappa shape index (κ1) is 20.9. The molecule has 1 fully saturated rings. The van der Waals surface area contributed by atoms with E-state index in [9.17, 15) is 14.4 Å². The Morgan fingerprint density at radius 3 is 2.30 bits per heavy atom. The molecule has 0 spiro atoms. The molecule has 1 aliphatic rings. The van der Waals surface area contributed by atoms with Crippen molar-refractivity contribution in [3.8, 4) is 0 Å². The Morgan fingerprint density at radius 2 is 1.63 bits per heavy atom. The van der Waals surface area contributed by atoms with Crippen molar-refractivity contribution in [3.05, 3.63) is 29.3 Å². The third kappa shape index (κ3) is 8.24. The van der Waals surface area contributed by atoms with E-state index < -0.39 is 5.97 Å². The molecule has 1 saturated carbocycles. The quantitative estimate of drug-likeness (QED) is 0.683. The minimum atomic E-state index is -0.462. The average Bonchev–Trinajstić information content (AvgIpc) is 2.60. The van der Waals surface area contributed by atoms with Crippen LogP contribution in [0.4, 0.5) is 5.69 Å². The minimum Gasteiger partial charge on any atom is -0.456 e. The molecule has 148 valence electrons. The number of benzene rings is 1. The molecule has 0 atom stereocenters. The summed E-state index contributed by atoms with van der Waals surface area (Å²) < 4.78 is 4.99. The molecule has 2 rings (SSSR count). The molecule has 0 bridgehead atoms. The fourth-order valence-corrected chi connectivity index (χ4v) is 3.40. The molecular formula is C21H30N2O4. The second-order valence-electron chi connectivity index (χ2n) is 7.34. The molecule has 0 heterocycles. The van der Waals surface area contributed by atoms with Gasteiger partial charge in [-0.2, -0.15) is 0 Å². The standard InChI is InChI=1S/C21H30N2O4/c1-15-11-16(2)13-18(12-15)23-20(25)14-27-21(26)10-6-9-19(24)22-17-7-4-3-5-8-17/h11-13,17H,3-10,14H2,1-2H3,(H,22,24)(H,23,25). The molecular weight excluding hydrogens is 344 g/mol. The van der Waals surface area contributed by atoms with Crippen LogP contribution in [0, 0.1) is 13.8 Å². The predicted molar refractivity (Wildman–Crippen MR) is 104 cm³/mol. The maximum atomic E-state index is 11.9. The number of anilines is 1. The predicted octanol–water partition coefficient (Wildman–Crippen LogP) is 3.40. The molecule has 27 heavy (non-hydrogen) atoms. The second-order valence-corrected chi connectivity index (χ2v) is 7.34. The van der Waals surface area contributed by atoms with Crippen molar-refractivity contribution in [1.82, 2.24) is 5.32 Å². The van der Waals surface area contributed by atoms with E-state index in [1.165, 1.54) is 19.3 Å². The van der Waals surface area contributed by atoms with Crippen LogP contribution in [0.5, 0.6) is 0 Å². The van der Waals surface area contributed by atoms with Gasteiger partial charge >= 0.3 is 5.97 Å². The Kier molecular flexibility index (Phi) is 8.30. The van der Waals surface area contributed by atoms with Gasteiger partial charge in [0.15, 0.2) is 6.61 Å². The van der Waals surface area contributed by atoms with Crippen LogP contribution >= 0.6 is 0 Å². The van der Waals surface area contributed by atoms with Crippen LogP contribution in [0.15, 0.2) is 18.2 Å². The monoisotopic (exact) mass is 374 g/mol. The summed E-state index contributed by atoms with van der Waals surface area (Å²) in [5, 5.41) is 5.74. The summed E-state index contributed by atoms with van der Waals surface area (Å²) >= 11 is 0. The highest BCUT2D eigenvalue weighted by Crippen LogP contribution is 2.17. The molecule has 1 aromatic rings. The van der Waals surface area contributed by atoms with Gasteiger partial charge in [0.25, 0.3) is 5.91 Å². The molecule has 0 saturated heterocycles. The van der Waals surface area contributed by atoms with Crippen molar-refractivity contribution in [3.63, 3.8) is 0 Å². The third-order valence-corrected chi connectivity index (χ3v) is 4.62. The Hall–Kier alpha value is -2.37. The van der Waals surface area contributed by atoms with Gasteiger partial charge in [-0.25, -0.2) is 0 Å². The second kappa shape index (κ2) is 10.7. The fraction of sp³-hybridized carbons (Fsp3) is 0.571. The SMILES string of the molecule is Cc1cc(C)cc(NC(=O)COC(=O)CCCC(=O)NC2CCCCC2)c1. The Labute approximate surface area is 161 Å². The van der Waals surface area contributed by atoms with E-state index in [0.717, 1.165) is 24.0 Å². The van der Waals surface area contributed by atoms with Crippen LogP contribution in [0.2, 0.25) is 0 Å². The van der Waals surface area contributed by atoms with Crippen molar-refractivity contribution in [2.75, 3.05) is 11.9 Å². The average molecular weight is 374 g/mol. The van der Waals surface area contributed by atoms with E-state index in [0.29, 0.717) is 18.5 Å². The van der Waals surface area contributed by atoms with Crippen molar-refractivity contribution >= 4 is 23.5 Å². The summed E-state index contributed by atoms with van der Waals surface area (Å²) in [4.78, 5) is 35.5. The molecule has 1 aromatic carbocycles. The van der Waals surface area contributed by atoms with Crippen LogP contribution in [0.3, 0.4) is 0 Å². The summed E-state index contributed by atoms with van der Waals surface area (Å²) in [5.41, 5.74) is 2.79. The molecule has 0 aromatic heterocycles. The highest BCUT2D eigenvalue weighted by molar-refractivity contribution is 5.93. The number of hydrogen-bond donors (Lipinski definition) is 2. The molecule has 0 radical (unpaired) electrons. The smallest absolute Gasteiger partial charge is 0.306 e. The van der Waals surface area contributed by atoms with Gasteiger partial charge < -0.3 is 15.4 Å². The van der Waals surface area contributed by atoms with E-state index in [-0.39, 0.29) is 30.9 Å². The first-order chi connectivity index (χ1) is 12.9. The summed E-state index contributed by atoms with van der Waals surface area (Å²) in [7, 11) is 0. The van der Waals surface area contributed by atoms with Crippen LogP contribution < -0.4 is 10.6 Å². The van der Waals surface area contributed by atoms with Crippen LogP contribution in [-0.2, 0) is 19.1 Å². The summed E-state index contributed by atoms with van der Waals surface area (Å²) in [6, 6.07) is 6.02. The number of carbonyl (C=O) groups is 3. The van der Waals surface area contributed by atoms with Crippen molar-refractivity contribution in [2.45, 2.75) is 71.3 Å². The molecule has 0 aliphatic heterocycles. The lowest BCUT2D eigenvalue weighted by Gasteiger charge is -2.22. The third-order valence-electron chi connectivity index (χ3n) is 4.62. The number of esters is 1. The van der Waals surface area contributed by atoms with Crippen LogP contribution in [0.25, 0.3) is 0 Å². The van der Waals surface area contributed by atoms with Gasteiger partial charge in [0, 0.05) is 24.6 Å². The van der Waals surface area contributed by atoms with E-state index in [1.54, 1.807) is 0 Å². The number of ether oxygens (including phenoxy) is 1. The van der Waals surface area contributed by atoms with Gasteiger partial charge in [0.2, 0.25) is 5.91 Å². The highest BCUT2D eigenvalue weighted by Gasteiger charge is 2.16. The number of hydrogen-bond acceptors (Lipinski definition) is 4. The van der Waals surface area contributed by atoms with Crippen molar-refractivity contribution in [2.24, 2.45) is 0 Å². The fourth-order valence-electron chi connectivity index (χ4n) is 3.40. The lowest BCUT2D eigenvalue weighted by molar-refractivity contribution is -0.147. The number of nitrogens with one attached hydrogen (secondary N) is 2. The molecule has 0 unspecified atom stereocenters. The number of amides is 2. The maximum absolute atomic E-state index is 11.9. The van der Waals surface area contributed by atoms with E-state index >= 15 is 0 Å². The highest BCUT2D eigenvalue weighted by atomic mass is 16.5. The van der Waals surface area contributed by atoms with Gasteiger partial charge in [0.05, 0.1) is 0 Å². The van der Waals surface area contributed by atoms with Gasteiger partial charge in [0.1, 0.15) is 0 Å². The molecule has 2 amide bonds. The van der Waals surface area contributed by atoms with Gasteiger partial charge in [-0.3, -0.25) is 14.4 Å². The zero-order valence-electron chi connectivity index (χ0n) is 16.3. The molecule has 6 heteroatoms. The maximum Gasteiger partial charge on any atom is 0.306 e. The summed E-state index contributed by atoms with van der Waals surface area (Å²) in [5.74, 6) is -0.846. The number of rotatable bonds is 8. The molecule has 6 nitrogen and oxygen atoms in total. The summed E-state index contributed by atoms with van der Waals surface area (Å²) in [6.07, 6.45) is 6.54. The molecule has 1 aliphatic carbocycles. The van der Waals surface area contributed by atoms with Crippen molar-refractivity contribution < 1.29 is 19.1 Å². The largest absolute Gasteiger partial charge is 0.456 e. The Bertz CT molecular complexity index is 646. The zero-order chi connectivity index (χ0) is 19.6. The van der Waals surface area contributed by atoms with Crippen LogP contribution in [0.1, 0.15) is 62.5 Å². The van der Waals surface area contributed by atoms with E-state index in [2.05, 4.69) is 10.6 Å².